The maximum absolute atomic E-state index is 4.61. The molecule has 1 atom stereocenters. The Morgan fingerprint density at radius 1 is 1.25 bits per heavy atom. The van der Waals surface area contributed by atoms with Crippen LogP contribution in [-0.2, 0) is 13.6 Å². The number of hydrogen-bond donors (Lipinski definition) is 1. The van der Waals surface area contributed by atoms with Crippen LogP contribution in [0.1, 0.15) is 52.8 Å². The van der Waals surface area contributed by atoms with Crippen LogP contribution in [0.2, 0.25) is 0 Å². The van der Waals surface area contributed by atoms with Crippen LogP contribution in [0.5, 0.6) is 0 Å². The van der Waals surface area contributed by atoms with Crippen LogP contribution in [0, 0.1) is 12.8 Å². The van der Waals surface area contributed by atoms with E-state index in [1.54, 1.807) is 0 Å². The van der Waals surface area contributed by atoms with Crippen LogP contribution in [0.15, 0.2) is 0 Å². The van der Waals surface area contributed by atoms with E-state index in [2.05, 4.69) is 70.8 Å². The summed E-state index contributed by atoms with van der Waals surface area (Å²) < 4.78 is 2.01. The van der Waals surface area contributed by atoms with Crippen LogP contribution >= 0.6 is 0 Å². The second-order valence-electron chi connectivity index (χ2n) is 7.21. The number of aromatic nitrogens is 2. The minimum Gasteiger partial charge on any atom is -0.357 e. The Labute approximate surface area is 124 Å². The van der Waals surface area contributed by atoms with Crippen molar-refractivity contribution < 1.29 is 0 Å². The SMILES string of the molecule is Cc1nn(C)c(N(C)C(C)C(C)C)c1CNC(C)(C)C. The fourth-order valence-electron chi connectivity index (χ4n) is 2.33. The molecular weight excluding hydrogens is 248 g/mol. The standard InChI is InChI=1S/C16H32N4/c1-11(2)13(4)19(8)15-14(10-17-16(5,6)7)12(3)18-20(15)9/h11,13,17H,10H2,1-9H3. The Kier molecular flexibility index (Phi) is 5.25. The van der Waals surface area contributed by atoms with Gasteiger partial charge in [-0.05, 0) is 40.5 Å². The molecule has 1 aromatic rings. The fourth-order valence-corrected chi connectivity index (χ4v) is 2.33. The van der Waals surface area contributed by atoms with Crippen LogP contribution in [0.4, 0.5) is 5.82 Å². The van der Waals surface area contributed by atoms with Gasteiger partial charge in [0.05, 0.1) is 5.69 Å². The summed E-state index contributed by atoms with van der Waals surface area (Å²) in [6, 6.07) is 0.484. The lowest BCUT2D eigenvalue weighted by Gasteiger charge is -2.31. The van der Waals surface area contributed by atoms with Gasteiger partial charge in [-0.1, -0.05) is 13.8 Å². The third kappa shape index (κ3) is 3.98. The molecule has 4 heteroatoms. The van der Waals surface area contributed by atoms with Crippen LogP contribution in [-0.4, -0.2) is 28.4 Å². The fraction of sp³-hybridized carbons (Fsp3) is 0.812. The van der Waals surface area contributed by atoms with E-state index >= 15 is 0 Å². The highest BCUT2D eigenvalue weighted by Gasteiger charge is 2.23. The first kappa shape index (κ1) is 17.0. The minimum absolute atomic E-state index is 0.113. The minimum atomic E-state index is 0.113. The summed E-state index contributed by atoms with van der Waals surface area (Å²) >= 11 is 0. The third-order valence-electron chi connectivity index (χ3n) is 4.02. The molecule has 0 amide bonds. The van der Waals surface area contributed by atoms with Crippen molar-refractivity contribution in [1.29, 1.82) is 0 Å². The lowest BCUT2D eigenvalue weighted by molar-refractivity contribution is 0.423. The van der Waals surface area contributed by atoms with Crippen molar-refractivity contribution in [2.24, 2.45) is 13.0 Å². The molecule has 0 saturated heterocycles. The summed E-state index contributed by atoms with van der Waals surface area (Å²) in [6.07, 6.45) is 0. The molecule has 20 heavy (non-hydrogen) atoms. The maximum Gasteiger partial charge on any atom is 0.131 e. The van der Waals surface area contributed by atoms with Crippen molar-refractivity contribution in [3.8, 4) is 0 Å². The molecule has 1 heterocycles. The number of hydrogen-bond acceptors (Lipinski definition) is 3. The zero-order valence-electron chi connectivity index (χ0n) is 14.7. The molecule has 1 N–H and O–H groups in total. The zero-order chi connectivity index (χ0) is 15.7. The van der Waals surface area contributed by atoms with Gasteiger partial charge >= 0.3 is 0 Å². The number of anilines is 1. The van der Waals surface area contributed by atoms with E-state index < -0.39 is 0 Å². The van der Waals surface area contributed by atoms with Gasteiger partial charge in [0, 0.05) is 37.8 Å². The van der Waals surface area contributed by atoms with Crippen molar-refractivity contribution in [2.45, 2.75) is 66.6 Å². The molecule has 4 nitrogen and oxygen atoms in total. The highest BCUT2D eigenvalue weighted by molar-refractivity contribution is 5.50. The highest BCUT2D eigenvalue weighted by Crippen LogP contribution is 2.26. The Hall–Kier alpha value is -1.03. The monoisotopic (exact) mass is 280 g/mol. The number of nitrogens with zero attached hydrogens (tertiary/aromatic N) is 3. The topological polar surface area (TPSA) is 33.1 Å². The van der Waals surface area contributed by atoms with Gasteiger partial charge in [-0.2, -0.15) is 5.10 Å². The molecule has 1 aromatic heterocycles. The van der Waals surface area contributed by atoms with E-state index in [4.69, 9.17) is 0 Å². The molecular formula is C16H32N4. The lowest BCUT2D eigenvalue weighted by Crippen LogP contribution is -2.38. The predicted octanol–water partition coefficient (Wildman–Crippen LogP) is 3.10. The number of nitrogens with one attached hydrogen (secondary N) is 1. The van der Waals surface area contributed by atoms with E-state index in [9.17, 15) is 0 Å². The summed E-state index contributed by atoms with van der Waals surface area (Å²) in [7, 11) is 4.20. The summed E-state index contributed by atoms with van der Waals surface area (Å²) in [5.74, 6) is 1.83. The number of aryl methyl sites for hydroxylation is 2. The summed E-state index contributed by atoms with van der Waals surface area (Å²) in [4.78, 5) is 2.35. The van der Waals surface area contributed by atoms with Gasteiger partial charge in [-0.3, -0.25) is 4.68 Å². The van der Waals surface area contributed by atoms with Gasteiger partial charge < -0.3 is 10.2 Å². The van der Waals surface area contributed by atoms with E-state index in [0.717, 1.165) is 12.2 Å². The molecule has 0 radical (unpaired) electrons. The summed E-state index contributed by atoms with van der Waals surface area (Å²) in [5, 5.41) is 8.19. The molecule has 1 unspecified atom stereocenters. The Bertz CT molecular complexity index is 440. The Morgan fingerprint density at radius 3 is 2.25 bits per heavy atom. The van der Waals surface area contributed by atoms with Crippen molar-refractivity contribution in [1.82, 2.24) is 15.1 Å². The van der Waals surface area contributed by atoms with E-state index in [1.807, 2.05) is 11.7 Å². The molecule has 0 spiro atoms. The number of rotatable bonds is 5. The zero-order valence-corrected chi connectivity index (χ0v) is 14.7. The second-order valence-corrected chi connectivity index (χ2v) is 7.21. The molecule has 0 aliphatic rings. The highest BCUT2D eigenvalue weighted by atomic mass is 15.4. The first-order valence-electron chi connectivity index (χ1n) is 7.55. The molecule has 0 fully saturated rings. The van der Waals surface area contributed by atoms with Crippen molar-refractivity contribution in [2.75, 3.05) is 11.9 Å². The van der Waals surface area contributed by atoms with E-state index in [0.29, 0.717) is 12.0 Å². The lowest BCUT2D eigenvalue weighted by atomic mass is 10.0. The first-order valence-corrected chi connectivity index (χ1v) is 7.55. The molecule has 0 bridgehead atoms. The van der Waals surface area contributed by atoms with Gasteiger partial charge in [-0.15, -0.1) is 0 Å². The maximum atomic E-state index is 4.61. The Balaban J connectivity index is 3.06. The van der Waals surface area contributed by atoms with Crippen LogP contribution in [0.25, 0.3) is 0 Å². The average molecular weight is 280 g/mol. The normalized spacial score (nSPS) is 13.9. The van der Waals surface area contributed by atoms with Crippen LogP contribution in [0.3, 0.4) is 0 Å². The largest absolute Gasteiger partial charge is 0.357 e. The summed E-state index contributed by atoms with van der Waals surface area (Å²) in [6.45, 7) is 16.3. The van der Waals surface area contributed by atoms with Gasteiger partial charge in [-0.25, -0.2) is 0 Å². The molecule has 0 aromatic carbocycles. The van der Waals surface area contributed by atoms with Crippen LogP contribution < -0.4 is 10.2 Å². The van der Waals surface area contributed by atoms with E-state index in [-0.39, 0.29) is 5.54 Å². The molecule has 0 aliphatic heterocycles. The molecule has 1 rings (SSSR count). The average Bonchev–Trinajstić information content (AvgIpc) is 2.58. The van der Waals surface area contributed by atoms with Crippen molar-refractivity contribution in [3.05, 3.63) is 11.3 Å². The molecule has 116 valence electrons. The molecule has 0 aliphatic carbocycles. The Morgan fingerprint density at radius 2 is 1.80 bits per heavy atom. The predicted molar refractivity (Wildman–Crippen MR) is 87.2 cm³/mol. The van der Waals surface area contributed by atoms with Gasteiger partial charge in [0.1, 0.15) is 5.82 Å². The second kappa shape index (κ2) is 6.17. The van der Waals surface area contributed by atoms with Crippen molar-refractivity contribution in [3.63, 3.8) is 0 Å². The first-order chi connectivity index (χ1) is 9.04. The van der Waals surface area contributed by atoms with Gasteiger partial charge in [0.2, 0.25) is 0 Å². The smallest absolute Gasteiger partial charge is 0.131 e. The van der Waals surface area contributed by atoms with Crippen molar-refractivity contribution >= 4 is 5.82 Å². The molecule has 0 saturated carbocycles. The quantitative estimate of drug-likeness (QED) is 0.899. The third-order valence-corrected chi connectivity index (χ3v) is 4.02. The van der Waals surface area contributed by atoms with Gasteiger partial charge in [0.25, 0.3) is 0 Å². The van der Waals surface area contributed by atoms with E-state index in [1.165, 1.54) is 11.4 Å². The van der Waals surface area contributed by atoms with Gasteiger partial charge in [0.15, 0.2) is 0 Å². The summed E-state index contributed by atoms with van der Waals surface area (Å²) in [5.41, 5.74) is 2.53.